The molecule has 0 spiro atoms. The largest absolute Gasteiger partial charge is 0.368 e. The Bertz CT molecular complexity index is 1480. The molecule has 4 rings (SSSR count). The SMILES string of the molecule is Nc1ncc2cc(-c3c(F)ccc(-c4c(S(N)(=O)=O)ccc(F)c4F)c3F)ccc2n1. The van der Waals surface area contributed by atoms with Crippen LogP contribution in [0.5, 0.6) is 0 Å². The minimum absolute atomic E-state index is 0.0108. The fourth-order valence-corrected chi connectivity index (χ4v) is 3.98. The van der Waals surface area contributed by atoms with Gasteiger partial charge in [0.25, 0.3) is 0 Å². The van der Waals surface area contributed by atoms with E-state index in [-0.39, 0.29) is 11.5 Å². The van der Waals surface area contributed by atoms with Crippen LogP contribution < -0.4 is 10.9 Å². The Labute approximate surface area is 173 Å². The van der Waals surface area contributed by atoms with E-state index >= 15 is 4.39 Å². The van der Waals surface area contributed by atoms with Crippen molar-refractivity contribution < 1.29 is 26.0 Å². The van der Waals surface area contributed by atoms with Crippen molar-refractivity contribution in [1.82, 2.24) is 9.97 Å². The lowest BCUT2D eigenvalue weighted by atomic mass is 9.96. The van der Waals surface area contributed by atoms with Gasteiger partial charge in [-0.3, -0.25) is 0 Å². The van der Waals surface area contributed by atoms with Crippen LogP contribution >= 0.6 is 0 Å². The number of nitrogens with two attached hydrogens (primary N) is 2. The molecule has 0 saturated heterocycles. The van der Waals surface area contributed by atoms with Gasteiger partial charge in [0.15, 0.2) is 11.6 Å². The number of fused-ring (bicyclic) bond motifs is 1. The van der Waals surface area contributed by atoms with Crippen LogP contribution in [-0.4, -0.2) is 18.4 Å². The van der Waals surface area contributed by atoms with Gasteiger partial charge >= 0.3 is 0 Å². The molecular weight excluding hydrogens is 436 g/mol. The molecule has 4 aromatic rings. The van der Waals surface area contributed by atoms with Crippen molar-refractivity contribution in [2.45, 2.75) is 4.90 Å². The molecule has 0 aliphatic heterocycles. The van der Waals surface area contributed by atoms with Crippen LogP contribution in [0.2, 0.25) is 0 Å². The van der Waals surface area contributed by atoms with Crippen LogP contribution in [0, 0.1) is 23.3 Å². The topological polar surface area (TPSA) is 112 Å². The Kier molecular flexibility index (Phi) is 4.86. The summed E-state index contributed by atoms with van der Waals surface area (Å²) in [5, 5.41) is 5.49. The normalized spacial score (nSPS) is 11.8. The highest BCUT2D eigenvalue weighted by molar-refractivity contribution is 7.89. The molecule has 0 atom stereocenters. The lowest BCUT2D eigenvalue weighted by molar-refractivity contribution is 0.506. The first-order valence-corrected chi connectivity index (χ1v) is 10.1. The summed E-state index contributed by atoms with van der Waals surface area (Å²) in [6, 6.07) is 7.07. The number of nitrogens with zero attached hydrogens (tertiary/aromatic N) is 2. The molecule has 0 unspecified atom stereocenters. The van der Waals surface area contributed by atoms with E-state index in [4.69, 9.17) is 10.9 Å². The molecule has 31 heavy (non-hydrogen) atoms. The van der Waals surface area contributed by atoms with Gasteiger partial charge in [-0.1, -0.05) is 6.07 Å². The highest BCUT2D eigenvalue weighted by Gasteiger charge is 2.26. The molecule has 1 heterocycles. The number of halogens is 4. The van der Waals surface area contributed by atoms with E-state index in [1.54, 1.807) is 0 Å². The second-order valence-electron chi connectivity index (χ2n) is 6.57. The van der Waals surface area contributed by atoms with Gasteiger partial charge in [0.2, 0.25) is 16.0 Å². The van der Waals surface area contributed by atoms with Crippen LogP contribution in [0.4, 0.5) is 23.5 Å². The third-order valence-corrected chi connectivity index (χ3v) is 5.56. The number of sulfonamides is 1. The number of aromatic nitrogens is 2. The first kappa shape index (κ1) is 20.7. The highest BCUT2D eigenvalue weighted by atomic mass is 32.2. The highest BCUT2D eigenvalue weighted by Crippen LogP contribution is 2.38. The van der Waals surface area contributed by atoms with Crippen LogP contribution in [0.3, 0.4) is 0 Å². The number of anilines is 1. The van der Waals surface area contributed by atoms with E-state index in [1.165, 1.54) is 24.4 Å². The minimum atomic E-state index is -4.55. The minimum Gasteiger partial charge on any atom is -0.368 e. The second-order valence-corrected chi connectivity index (χ2v) is 8.10. The summed E-state index contributed by atoms with van der Waals surface area (Å²) in [6.07, 6.45) is 1.35. The maximum Gasteiger partial charge on any atom is 0.238 e. The van der Waals surface area contributed by atoms with Crippen LogP contribution in [0.1, 0.15) is 0 Å². The van der Waals surface area contributed by atoms with Gasteiger partial charge < -0.3 is 5.73 Å². The predicted octanol–water partition coefficient (Wildman–Crippen LogP) is 3.75. The summed E-state index contributed by atoms with van der Waals surface area (Å²) in [5.74, 6) is -5.36. The zero-order chi connectivity index (χ0) is 22.5. The maximum absolute atomic E-state index is 15.4. The maximum atomic E-state index is 15.4. The van der Waals surface area contributed by atoms with Gasteiger partial charge in [0.1, 0.15) is 11.6 Å². The van der Waals surface area contributed by atoms with Crippen LogP contribution in [-0.2, 0) is 10.0 Å². The average Bonchev–Trinajstić information content (AvgIpc) is 2.70. The van der Waals surface area contributed by atoms with Crippen molar-refractivity contribution in [2.75, 3.05) is 5.73 Å². The number of rotatable bonds is 3. The summed E-state index contributed by atoms with van der Waals surface area (Å²) in [6.45, 7) is 0. The first-order valence-electron chi connectivity index (χ1n) is 8.59. The second kappa shape index (κ2) is 7.29. The van der Waals surface area contributed by atoms with Crippen molar-refractivity contribution in [3.63, 3.8) is 0 Å². The predicted molar refractivity (Wildman–Crippen MR) is 106 cm³/mol. The summed E-state index contributed by atoms with van der Waals surface area (Å²) < 4.78 is 82.2. The Morgan fingerprint density at radius 2 is 1.55 bits per heavy atom. The number of primary sulfonamides is 1. The standard InChI is InChI=1S/C20H12F4N4O2S/c21-12-3-2-11(17-15(31(26,29)30)6-4-13(22)19(17)24)18(23)16(12)9-1-5-14-10(7-9)8-27-20(25)28-14/h1-8H,(H2,25,27,28)(H2,26,29,30). The van der Waals surface area contributed by atoms with Crippen LogP contribution in [0.15, 0.2) is 53.6 Å². The van der Waals surface area contributed by atoms with E-state index in [2.05, 4.69) is 9.97 Å². The van der Waals surface area contributed by atoms with Gasteiger partial charge in [-0.25, -0.2) is 41.1 Å². The lowest BCUT2D eigenvalue weighted by Crippen LogP contribution is -2.15. The molecule has 3 aromatic carbocycles. The Hall–Kier alpha value is -3.57. The summed E-state index contributed by atoms with van der Waals surface area (Å²) >= 11 is 0. The molecule has 158 valence electrons. The Morgan fingerprint density at radius 3 is 2.26 bits per heavy atom. The van der Waals surface area contributed by atoms with Crippen molar-refractivity contribution in [3.05, 3.63) is 71.9 Å². The van der Waals surface area contributed by atoms with E-state index < -0.39 is 54.9 Å². The third-order valence-electron chi connectivity index (χ3n) is 4.61. The monoisotopic (exact) mass is 448 g/mol. The van der Waals surface area contributed by atoms with Crippen LogP contribution in [0.25, 0.3) is 33.2 Å². The quantitative estimate of drug-likeness (QED) is 0.464. The summed E-state index contributed by atoms with van der Waals surface area (Å²) in [5.41, 5.74) is 3.77. The molecule has 0 saturated carbocycles. The van der Waals surface area contributed by atoms with E-state index in [9.17, 15) is 21.6 Å². The third kappa shape index (κ3) is 3.57. The van der Waals surface area contributed by atoms with E-state index in [0.717, 1.165) is 12.1 Å². The Balaban J connectivity index is 2.01. The van der Waals surface area contributed by atoms with Gasteiger partial charge in [-0.05, 0) is 42.0 Å². The van der Waals surface area contributed by atoms with Gasteiger partial charge in [-0.15, -0.1) is 0 Å². The fourth-order valence-electron chi connectivity index (χ4n) is 3.23. The number of nitrogen functional groups attached to an aromatic ring is 1. The number of hydrogen-bond donors (Lipinski definition) is 2. The first-order chi connectivity index (χ1) is 14.6. The summed E-state index contributed by atoms with van der Waals surface area (Å²) in [4.78, 5) is 6.96. The number of benzene rings is 3. The summed E-state index contributed by atoms with van der Waals surface area (Å²) in [7, 11) is -4.55. The van der Waals surface area contributed by atoms with Gasteiger partial charge in [0.05, 0.1) is 16.0 Å². The van der Waals surface area contributed by atoms with Gasteiger partial charge in [-0.2, -0.15) is 0 Å². The molecule has 1 aromatic heterocycles. The Morgan fingerprint density at radius 1 is 0.839 bits per heavy atom. The molecule has 11 heteroatoms. The zero-order valence-corrected chi connectivity index (χ0v) is 16.2. The van der Waals surface area contributed by atoms with Crippen molar-refractivity contribution >= 4 is 26.9 Å². The molecule has 0 amide bonds. The molecule has 0 fully saturated rings. The molecule has 0 bridgehead atoms. The molecule has 6 nitrogen and oxygen atoms in total. The van der Waals surface area contributed by atoms with Crippen molar-refractivity contribution in [3.8, 4) is 22.3 Å². The van der Waals surface area contributed by atoms with Gasteiger partial charge in [0, 0.05) is 22.7 Å². The molecular formula is C20H12F4N4O2S. The molecule has 4 N–H and O–H groups in total. The smallest absolute Gasteiger partial charge is 0.238 e. The molecule has 0 radical (unpaired) electrons. The number of hydrogen-bond acceptors (Lipinski definition) is 5. The average molecular weight is 448 g/mol. The zero-order valence-electron chi connectivity index (χ0n) is 15.4. The van der Waals surface area contributed by atoms with Crippen molar-refractivity contribution in [1.29, 1.82) is 0 Å². The molecule has 0 aliphatic rings. The van der Waals surface area contributed by atoms with E-state index in [0.29, 0.717) is 23.0 Å². The molecule has 0 aliphatic carbocycles. The van der Waals surface area contributed by atoms with Crippen molar-refractivity contribution in [2.24, 2.45) is 5.14 Å². The fraction of sp³-hybridized carbons (Fsp3) is 0. The lowest BCUT2D eigenvalue weighted by Gasteiger charge is -2.14. The van der Waals surface area contributed by atoms with E-state index in [1.807, 2.05) is 0 Å².